The Morgan fingerprint density at radius 1 is 1.92 bits per heavy atom. The number of hydrazone groups is 1. The molecule has 1 heterocycles. The van der Waals surface area contributed by atoms with Crippen molar-refractivity contribution in [2.24, 2.45) is 16.1 Å². The summed E-state index contributed by atoms with van der Waals surface area (Å²) in [5.41, 5.74) is 0.0739. The Balaban J connectivity index is 2.83. The zero-order chi connectivity index (χ0) is 9.84. The molecule has 8 heteroatoms. The van der Waals surface area contributed by atoms with Crippen LogP contribution in [0.25, 0.3) is 0 Å². The molecule has 0 fully saturated rings. The van der Waals surface area contributed by atoms with Gasteiger partial charge in [-0.25, -0.2) is 10.6 Å². The summed E-state index contributed by atoms with van der Waals surface area (Å²) < 4.78 is 1.09. The minimum Gasteiger partial charge on any atom is -0.476 e. The molecule has 0 aliphatic carbocycles. The Kier molecular flexibility index (Phi) is 3.09. The highest BCUT2D eigenvalue weighted by Gasteiger charge is 2.24. The van der Waals surface area contributed by atoms with Crippen molar-refractivity contribution >= 4 is 29.3 Å². The average Bonchev–Trinajstić information content (AvgIpc) is 2.46. The maximum atomic E-state index is 10.6. The molecule has 1 rings (SSSR count). The Hall–Kier alpha value is -1.28. The molecular weight excluding hydrogens is 196 g/mol. The molecule has 7 nitrogen and oxygen atoms in total. The first-order valence-corrected chi connectivity index (χ1v) is 4.19. The normalized spacial score (nSPS) is 17.2. The third kappa shape index (κ3) is 2.33. The van der Waals surface area contributed by atoms with Crippen LogP contribution in [0.15, 0.2) is 10.3 Å². The first-order valence-electron chi connectivity index (χ1n) is 3.25. The number of hydrogen-bond donors (Lipinski definition) is 2. The fraction of sp³-hybridized carbons (Fsp3) is 0.400. The lowest BCUT2D eigenvalue weighted by Crippen LogP contribution is -2.24. The van der Waals surface area contributed by atoms with Crippen LogP contribution < -0.4 is 5.84 Å². The van der Waals surface area contributed by atoms with Gasteiger partial charge in [-0.2, -0.15) is 9.62 Å². The first kappa shape index (κ1) is 9.81. The largest absolute Gasteiger partial charge is 0.476 e. The Bertz CT molecular complexity index is 277. The van der Waals surface area contributed by atoms with Crippen molar-refractivity contribution in [2.45, 2.75) is 0 Å². The maximum absolute atomic E-state index is 10.6. The summed E-state index contributed by atoms with van der Waals surface area (Å²) in [7, 11) is 1.27. The van der Waals surface area contributed by atoms with Crippen molar-refractivity contribution in [1.29, 1.82) is 0 Å². The van der Waals surface area contributed by atoms with Crippen LogP contribution in [0, 0.1) is 0 Å². The van der Waals surface area contributed by atoms with Crippen LogP contribution in [0.4, 0.5) is 0 Å². The molecule has 0 bridgehead atoms. The van der Waals surface area contributed by atoms with Gasteiger partial charge < -0.3 is 9.94 Å². The molecule has 13 heavy (non-hydrogen) atoms. The van der Waals surface area contributed by atoms with E-state index in [1.165, 1.54) is 19.1 Å². The van der Waals surface area contributed by atoms with Crippen LogP contribution in [0.2, 0.25) is 0 Å². The quantitative estimate of drug-likeness (QED) is 0.272. The van der Waals surface area contributed by atoms with Crippen molar-refractivity contribution in [3.05, 3.63) is 0 Å². The molecule has 0 saturated carbocycles. The van der Waals surface area contributed by atoms with E-state index in [1.807, 2.05) is 0 Å². The molecule has 0 aromatic heterocycles. The lowest BCUT2D eigenvalue weighted by molar-refractivity contribution is -0.129. The highest BCUT2D eigenvalue weighted by Crippen LogP contribution is 2.14. The van der Waals surface area contributed by atoms with Gasteiger partial charge in [0, 0.05) is 0 Å². The zero-order valence-electron chi connectivity index (χ0n) is 6.80. The van der Waals surface area contributed by atoms with E-state index in [-0.39, 0.29) is 5.71 Å². The molecular formula is C5H8N4O3S. The molecule has 0 atom stereocenters. The maximum Gasteiger partial charge on any atom is 0.359 e. The van der Waals surface area contributed by atoms with Crippen LogP contribution in [-0.4, -0.2) is 39.9 Å². The first-order chi connectivity index (χ1) is 6.15. The summed E-state index contributed by atoms with van der Waals surface area (Å²) >= 11 is 1.18. The molecule has 3 N–H and O–H groups in total. The summed E-state index contributed by atoms with van der Waals surface area (Å²) in [5, 5.41) is 15.7. The van der Waals surface area contributed by atoms with E-state index in [1.54, 1.807) is 0 Å². The van der Waals surface area contributed by atoms with E-state index >= 15 is 0 Å². The van der Waals surface area contributed by atoms with E-state index in [2.05, 4.69) is 15.1 Å². The van der Waals surface area contributed by atoms with Gasteiger partial charge in [-0.15, -0.1) is 0 Å². The highest BCUT2D eigenvalue weighted by atomic mass is 32.2. The molecule has 1 aliphatic heterocycles. The molecule has 0 unspecified atom stereocenters. The number of aliphatic carboxylic acids is 1. The van der Waals surface area contributed by atoms with Crippen LogP contribution in [0.1, 0.15) is 0 Å². The Labute approximate surface area is 78.3 Å². The number of carboxylic acid groups (broad SMARTS) is 1. The average molecular weight is 204 g/mol. The fourth-order valence-electron chi connectivity index (χ4n) is 0.726. The number of nitrogens with two attached hydrogens (primary N) is 1. The number of hydrogen-bond acceptors (Lipinski definition) is 7. The monoisotopic (exact) mass is 204 g/mol. The highest BCUT2D eigenvalue weighted by molar-refractivity contribution is 7.98. The van der Waals surface area contributed by atoms with Crippen molar-refractivity contribution in [1.82, 2.24) is 4.52 Å². The van der Waals surface area contributed by atoms with Gasteiger partial charge in [0.05, 0.1) is 5.75 Å². The van der Waals surface area contributed by atoms with Gasteiger partial charge in [0.25, 0.3) is 0 Å². The second-order valence-electron chi connectivity index (χ2n) is 2.05. The smallest absolute Gasteiger partial charge is 0.359 e. The summed E-state index contributed by atoms with van der Waals surface area (Å²) in [6.45, 7) is 0. The number of oxime groups is 1. The molecule has 0 aromatic rings. The molecule has 0 radical (unpaired) electrons. The molecule has 0 aromatic carbocycles. The minimum atomic E-state index is -1.18. The van der Waals surface area contributed by atoms with Crippen molar-refractivity contribution in [3.8, 4) is 0 Å². The van der Waals surface area contributed by atoms with Gasteiger partial charge in [0.2, 0.25) is 5.71 Å². The van der Waals surface area contributed by atoms with Crippen molar-refractivity contribution in [2.75, 3.05) is 12.9 Å². The zero-order valence-corrected chi connectivity index (χ0v) is 7.61. The molecule has 72 valence electrons. The van der Waals surface area contributed by atoms with Crippen LogP contribution in [-0.2, 0) is 9.63 Å². The Morgan fingerprint density at radius 3 is 3.00 bits per heavy atom. The topological polar surface area (TPSA) is 101 Å². The van der Waals surface area contributed by atoms with Gasteiger partial charge in [-0.1, -0.05) is 5.16 Å². The number of nitrogens with zero attached hydrogens (tertiary/aromatic N) is 3. The number of hydrazine groups is 1. The van der Waals surface area contributed by atoms with Crippen molar-refractivity contribution in [3.63, 3.8) is 0 Å². The summed E-state index contributed by atoms with van der Waals surface area (Å²) in [4.78, 5) is 15.0. The minimum absolute atomic E-state index is 0.219. The molecule has 1 aliphatic rings. The third-order valence-electron chi connectivity index (χ3n) is 1.21. The van der Waals surface area contributed by atoms with Gasteiger partial charge >= 0.3 is 5.97 Å². The van der Waals surface area contributed by atoms with Gasteiger partial charge in [-0.3, -0.25) is 0 Å². The summed E-state index contributed by atoms with van der Waals surface area (Å²) in [5.74, 6) is 4.48. The van der Waals surface area contributed by atoms with Crippen LogP contribution in [0.3, 0.4) is 0 Å². The fourth-order valence-corrected chi connectivity index (χ4v) is 1.33. The van der Waals surface area contributed by atoms with Gasteiger partial charge in [0.1, 0.15) is 12.8 Å². The van der Waals surface area contributed by atoms with E-state index < -0.39 is 5.97 Å². The second kappa shape index (κ2) is 4.10. The molecule has 0 spiro atoms. The van der Waals surface area contributed by atoms with Crippen LogP contribution >= 0.6 is 11.9 Å². The van der Waals surface area contributed by atoms with E-state index in [4.69, 9.17) is 10.9 Å². The summed E-state index contributed by atoms with van der Waals surface area (Å²) in [6, 6.07) is 0. The van der Waals surface area contributed by atoms with Gasteiger partial charge in [-0.05, 0) is 11.9 Å². The predicted octanol–water partition coefficient (Wildman–Crippen LogP) is -0.733. The lowest BCUT2D eigenvalue weighted by atomic mass is 10.2. The predicted molar refractivity (Wildman–Crippen MR) is 48.0 cm³/mol. The number of rotatable bonds is 3. The standard InChI is InChI=1S/C5H8N4O3S/c1-12-8-4(5(10)11)3-2-13-9(6)7-3/h2,6H2,1H3,(H,10,11). The summed E-state index contributed by atoms with van der Waals surface area (Å²) in [6.07, 6.45) is 0. The molecule has 0 amide bonds. The lowest BCUT2D eigenvalue weighted by Gasteiger charge is -1.98. The van der Waals surface area contributed by atoms with Gasteiger partial charge in [0.15, 0.2) is 0 Å². The second-order valence-corrected chi connectivity index (χ2v) is 2.97. The SMILES string of the molecule is CON=C(C(=O)O)C1=NN(N)SC1. The molecule has 0 saturated heterocycles. The van der Waals surface area contributed by atoms with E-state index in [0.29, 0.717) is 11.5 Å². The third-order valence-corrected chi connectivity index (χ3v) is 1.96. The van der Waals surface area contributed by atoms with E-state index in [0.717, 1.165) is 4.52 Å². The van der Waals surface area contributed by atoms with E-state index in [9.17, 15) is 4.79 Å². The van der Waals surface area contributed by atoms with Crippen LogP contribution in [0.5, 0.6) is 0 Å². The number of carboxylic acids is 1. The number of carbonyl (C=O) groups is 1. The Morgan fingerprint density at radius 2 is 2.62 bits per heavy atom. The van der Waals surface area contributed by atoms with Crippen molar-refractivity contribution < 1.29 is 14.7 Å².